The third-order valence-electron chi connectivity index (χ3n) is 4.92. The molecule has 1 saturated heterocycles. The molecule has 134 valence electrons. The number of nitrogens with zero attached hydrogens (tertiary/aromatic N) is 2. The maximum atomic E-state index is 13.7. The normalized spacial score (nSPS) is 15.6. The Morgan fingerprint density at radius 2 is 2.00 bits per heavy atom. The predicted molar refractivity (Wildman–Crippen MR) is 104 cm³/mol. The van der Waals surface area contributed by atoms with E-state index >= 15 is 0 Å². The number of carbonyl (C=O) groups excluding carboxylic acids is 1. The largest absolute Gasteiger partial charge is 0.339 e. The molecule has 3 aromatic rings. The summed E-state index contributed by atoms with van der Waals surface area (Å²) in [4.78, 5) is 19.2. The van der Waals surface area contributed by atoms with Gasteiger partial charge >= 0.3 is 0 Å². The number of thiazole rings is 1. The van der Waals surface area contributed by atoms with Crippen LogP contribution < -0.4 is 0 Å². The van der Waals surface area contributed by atoms with Crippen LogP contribution in [0, 0.1) is 12.7 Å². The second-order valence-electron chi connectivity index (χ2n) is 6.69. The molecular weight excluding hydrogens is 371 g/mol. The first-order valence-corrected chi connectivity index (χ1v) is 9.82. The van der Waals surface area contributed by atoms with Gasteiger partial charge in [0.1, 0.15) is 5.82 Å². The van der Waals surface area contributed by atoms with Gasteiger partial charge in [-0.3, -0.25) is 4.79 Å². The van der Waals surface area contributed by atoms with Crippen LogP contribution in [0.2, 0.25) is 5.02 Å². The number of amides is 1. The Labute approximate surface area is 160 Å². The van der Waals surface area contributed by atoms with E-state index < -0.39 is 0 Å². The van der Waals surface area contributed by atoms with E-state index in [9.17, 15) is 9.18 Å². The van der Waals surface area contributed by atoms with Crippen LogP contribution in [0.3, 0.4) is 0 Å². The van der Waals surface area contributed by atoms with Crippen LogP contribution in [0.15, 0.2) is 36.4 Å². The number of hydrogen-bond donors (Lipinski definition) is 0. The fourth-order valence-electron chi connectivity index (χ4n) is 3.33. The van der Waals surface area contributed by atoms with E-state index in [0.717, 1.165) is 28.1 Å². The van der Waals surface area contributed by atoms with Crippen molar-refractivity contribution in [2.75, 3.05) is 13.1 Å². The summed E-state index contributed by atoms with van der Waals surface area (Å²) in [6, 6.07) is 10.5. The van der Waals surface area contributed by atoms with Gasteiger partial charge < -0.3 is 4.90 Å². The number of aryl methyl sites for hydroxylation is 1. The molecule has 1 aromatic heterocycles. The molecule has 0 aliphatic carbocycles. The third kappa shape index (κ3) is 3.33. The Kier molecular flexibility index (Phi) is 4.67. The van der Waals surface area contributed by atoms with Gasteiger partial charge in [-0.05, 0) is 55.7 Å². The van der Waals surface area contributed by atoms with Crippen molar-refractivity contribution in [2.45, 2.75) is 25.7 Å². The maximum Gasteiger partial charge on any atom is 0.253 e. The Hall–Kier alpha value is -1.98. The van der Waals surface area contributed by atoms with E-state index in [2.05, 4.69) is 0 Å². The fraction of sp³-hybridized carbons (Fsp3) is 0.300. The van der Waals surface area contributed by atoms with Gasteiger partial charge in [0.05, 0.1) is 15.2 Å². The first kappa shape index (κ1) is 17.4. The Morgan fingerprint density at radius 1 is 1.23 bits per heavy atom. The second-order valence-corrected chi connectivity index (χ2v) is 8.19. The molecule has 1 aliphatic heterocycles. The van der Waals surface area contributed by atoms with E-state index in [1.165, 1.54) is 6.07 Å². The molecule has 1 amide bonds. The molecule has 0 N–H and O–H groups in total. The monoisotopic (exact) mass is 388 g/mol. The van der Waals surface area contributed by atoms with Crippen LogP contribution in [0.4, 0.5) is 4.39 Å². The molecule has 6 heteroatoms. The first-order valence-electron chi connectivity index (χ1n) is 8.62. The summed E-state index contributed by atoms with van der Waals surface area (Å²) in [5.74, 6) is -0.0812. The standard InChI is InChI=1S/C20H18ClFN2OS/c1-12-2-3-14(10-16(12)22)20(25)24-8-6-13(7-9-24)19-23-17-11-15(21)4-5-18(17)26-19/h2-5,10-11,13H,6-9H2,1H3. The highest BCUT2D eigenvalue weighted by molar-refractivity contribution is 7.18. The van der Waals surface area contributed by atoms with Crippen LogP contribution in [0.1, 0.15) is 39.7 Å². The molecule has 3 nitrogen and oxygen atoms in total. The number of hydrogen-bond acceptors (Lipinski definition) is 3. The van der Waals surface area contributed by atoms with Gasteiger partial charge in [-0.25, -0.2) is 9.37 Å². The van der Waals surface area contributed by atoms with Gasteiger partial charge in [-0.1, -0.05) is 17.7 Å². The highest BCUT2D eigenvalue weighted by Gasteiger charge is 2.26. The number of aromatic nitrogens is 1. The van der Waals surface area contributed by atoms with E-state index in [0.29, 0.717) is 35.2 Å². The van der Waals surface area contributed by atoms with Crippen molar-refractivity contribution in [1.82, 2.24) is 9.88 Å². The van der Waals surface area contributed by atoms with Gasteiger partial charge in [0, 0.05) is 29.6 Å². The molecule has 26 heavy (non-hydrogen) atoms. The van der Waals surface area contributed by atoms with E-state index in [1.54, 1.807) is 30.4 Å². The van der Waals surface area contributed by atoms with Crippen molar-refractivity contribution in [3.8, 4) is 0 Å². The summed E-state index contributed by atoms with van der Waals surface area (Å²) in [6.07, 6.45) is 1.74. The highest BCUT2D eigenvalue weighted by atomic mass is 35.5. The molecule has 2 heterocycles. The van der Waals surface area contributed by atoms with Crippen LogP contribution in [0.25, 0.3) is 10.2 Å². The topological polar surface area (TPSA) is 33.2 Å². The van der Waals surface area contributed by atoms with Crippen molar-refractivity contribution >= 4 is 39.1 Å². The van der Waals surface area contributed by atoms with Gasteiger partial charge in [-0.15, -0.1) is 11.3 Å². The van der Waals surface area contributed by atoms with Crippen molar-refractivity contribution in [3.63, 3.8) is 0 Å². The minimum absolute atomic E-state index is 0.0987. The van der Waals surface area contributed by atoms with Crippen molar-refractivity contribution < 1.29 is 9.18 Å². The number of likely N-dealkylation sites (tertiary alicyclic amines) is 1. The predicted octanol–water partition coefficient (Wildman–Crippen LogP) is 5.42. The molecule has 0 radical (unpaired) electrons. The first-order chi connectivity index (χ1) is 12.5. The van der Waals surface area contributed by atoms with Crippen molar-refractivity contribution in [1.29, 1.82) is 0 Å². The van der Waals surface area contributed by atoms with Gasteiger partial charge in [0.2, 0.25) is 0 Å². The lowest BCUT2D eigenvalue weighted by Crippen LogP contribution is -2.37. The lowest BCUT2D eigenvalue weighted by molar-refractivity contribution is 0.0712. The number of rotatable bonds is 2. The quantitative estimate of drug-likeness (QED) is 0.587. The van der Waals surface area contributed by atoms with Crippen LogP contribution in [0.5, 0.6) is 0 Å². The van der Waals surface area contributed by atoms with Gasteiger partial charge in [-0.2, -0.15) is 0 Å². The molecule has 0 spiro atoms. The zero-order valence-corrected chi connectivity index (χ0v) is 15.9. The third-order valence-corrected chi connectivity index (χ3v) is 6.35. The number of halogens is 2. The Morgan fingerprint density at radius 3 is 2.73 bits per heavy atom. The van der Waals surface area contributed by atoms with Crippen LogP contribution in [-0.2, 0) is 0 Å². The zero-order chi connectivity index (χ0) is 18.3. The number of piperidine rings is 1. The zero-order valence-electron chi connectivity index (χ0n) is 14.3. The molecule has 1 fully saturated rings. The SMILES string of the molecule is Cc1ccc(C(=O)N2CCC(c3nc4cc(Cl)ccc4s3)CC2)cc1F. The van der Waals surface area contributed by atoms with Crippen LogP contribution in [-0.4, -0.2) is 28.9 Å². The van der Waals surface area contributed by atoms with E-state index in [4.69, 9.17) is 16.6 Å². The minimum atomic E-state index is -0.334. The smallest absolute Gasteiger partial charge is 0.253 e. The Bertz CT molecular complexity index is 979. The summed E-state index contributed by atoms with van der Waals surface area (Å²) >= 11 is 7.74. The molecule has 2 aromatic carbocycles. The molecule has 0 unspecified atom stereocenters. The maximum absolute atomic E-state index is 13.7. The number of carbonyl (C=O) groups is 1. The summed E-state index contributed by atoms with van der Waals surface area (Å²) < 4.78 is 14.9. The Balaban J connectivity index is 1.46. The average molecular weight is 389 g/mol. The number of fused-ring (bicyclic) bond motifs is 1. The summed E-state index contributed by atoms with van der Waals surface area (Å²) in [5.41, 5.74) is 1.91. The molecule has 4 rings (SSSR count). The van der Waals surface area contributed by atoms with Crippen molar-refractivity contribution in [3.05, 3.63) is 63.4 Å². The van der Waals surface area contributed by atoms with Crippen LogP contribution >= 0.6 is 22.9 Å². The molecule has 0 saturated carbocycles. The van der Waals surface area contributed by atoms with E-state index in [-0.39, 0.29) is 11.7 Å². The lowest BCUT2D eigenvalue weighted by atomic mass is 9.97. The summed E-state index contributed by atoms with van der Waals surface area (Å²) in [6.45, 7) is 3.02. The van der Waals surface area contributed by atoms with E-state index in [1.807, 2.05) is 23.1 Å². The van der Waals surface area contributed by atoms with Gasteiger partial charge in [0.25, 0.3) is 5.91 Å². The molecule has 1 aliphatic rings. The second kappa shape index (κ2) is 6.97. The van der Waals surface area contributed by atoms with Gasteiger partial charge in [0.15, 0.2) is 0 Å². The molecule has 0 atom stereocenters. The summed E-state index contributed by atoms with van der Waals surface area (Å²) in [7, 11) is 0. The average Bonchev–Trinajstić information content (AvgIpc) is 3.06. The summed E-state index contributed by atoms with van der Waals surface area (Å²) in [5, 5.41) is 1.80. The molecule has 0 bridgehead atoms. The lowest BCUT2D eigenvalue weighted by Gasteiger charge is -2.31. The highest BCUT2D eigenvalue weighted by Crippen LogP contribution is 2.35. The fourth-order valence-corrected chi connectivity index (χ4v) is 4.61. The number of benzene rings is 2. The molecular formula is C20H18ClFN2OS. The van der Waals surface area contributed by atoms with Crippen molar-refractivity contribution in [2.24, 2.45) is 0 Å². The minimum Gasteiger partial charge on any atom is -0.339 e.